The van der Waals surface area contributed by atoms with Crippen molar-refractivity contribution in [2.75, 3.05) is 23.7 Å². The number of pyridine rings is 1. The third-order valence-electron chi connectivity index (χ3n) is 3.81. The van der Waals surface area contributed by atoms with E-state index in [9.17, 15) is 0 Å². The monoisotopic (exact) mass is 302 g/mol. The molecule has 0 bridgehead atoms. The summed E-state index contributed by atoms with van der Waals surface area (Å²) in [6.07, 6.45) is 1.99. The highest BCUT2D eigenvalue weighted by atomic mass is 35.5. The highest BCUT2D eigenvalue weighted by molar-refractivity contribution is 6.31. The molecule has 0 saturated carbocycles. The zero-order valence-electron chi connectivity index (χ0n) is 11.4. The molecule has 0 unspecified atom stereocenters. The number of anilines is 2. The molecule has 3 heterocycles. The fourth-order valence-electron chi connectivity index (χ4n) is 2.67. The number of aromatic amines is 1. The molecular weight excluding hydrogens is 288 g/mol. The molecule has 1 aliphatic heterocycles. The van der Waals surface area contributed by atoms with Crippen molar-refractivity contribution < 1.29 is 0 Å². The number of piperidine rings is 1. The number of hydrogen-bond donors (Lipinski definition) is 2. The standard InChI is InChI=1S/C14H15ClN6/c15-10-1-2-14(18-12(10)8-16)21-5-3-9(4-6-21)11-7-13(17)20-19-11/h1-2,7,9H,3-6H2,(H3,17,19,20). The largest absolute Gasteiger partial charge is 0.382 e. The number of nitrogens with one attached hydrogen (secondary N) is 1. The average Bonchev–Trinajstić information content (AvgIpc) is 2.94. The zero-order valence-corrected chi connectivity index (χ0v) is 12.1. The van der Waals surface area contributed by atoms with Gasteiger partial charge in [0.05, 0.1) is 5.02 Å². The topological polar surface area (TPSA) is 94.6 Å². The Bertz CT molecular complexity index is 681. The Morgan fingerprint density at radius 1 is 1.38 bits per heavy atom. The Balaban J connectivity index is 1.70. The highest BCUT2D eigenvalue weighted by Gasteiger charge is 2.23. The Morgan fingerprint density at radius 3 is 2.76 bits per heavy atom. The van der Waals surface area contributed by atoms with Crippen molar-refractivity contribution in [2.24, 2.45) is 0 Å². The number of nitriles is 1. The number of nitrogens with two attached hydrogens (primary N) is 1. The molecule has 0 spiro atoms. The molecule has 7 heteroatoms. The van der Waals surface area contributed by atoms with Crippen LogP contribution in [0.25, 0.3) is 0 Å². The van der Waals surface area contributed by atoms with Crippen molar-refractivity contribution in [2.45, 2.75) is 18.8 Å². The SMILES string of the molecule is N#Cc1nc(N2CCC(c3cc(N)n[nH]3)CC2)ccc1Cl. The van der Waals surface area contributed by atoms with Crippen LogP contribution in [0.4, 0.5) is 11.6 Å². The van der Waals surface area contributed by atoms with Crippen LogP contribution in [0, 0.1) is 11.3 Å². The Hall–Kier alpha value is -2.26. The van der Waals surface area contributed by atoms with Crippen molar-refractivity contribution in [1.29, 1.82) is 5.26 Å². The van der Waals surface area contributed by atoms with Gasteiger partial charge in [-0.15, -0.1) is 0 Å². The van der Waals surface area contributed by atoms with Crippen LogP contribution in [0.5, 0.6) is 0 Å². The normalized spacial score (nSPS) is 15.9. The maximum atomic E-state index is 9.00. The molecule has 3 rings (SSSR count). The maximum Gasteiger partial charge on any atom is 0.161 e. The van der Waals surface area contributed by atoms with E-state index in [4.69, 9.17) is 22.6 Å². The van der Waals surface area contributed by atoms with E-state index in [1.807, 2.05) is 18.2 Å². The van der Waals surface area contributed by atoms with Crippen molar-refractivity contribution >= 4 is 23.2 Å². The summed E-state index contributed by atoms with van der Waals surface area (Å²) in [6, 6.07) is 7.50. The van der Waals surface area contributed by atoms with Gasteiger partial charge in [-0.05, 0) is 25.0 Å². The minimum Gasteiger partial charge on any atom is -0.382 e. The van der Waals surface area contributed by atoms with Crippen LogP contribution < -0.4 is 10.6 Å². The van der Waals surface area contributed by atoms with Gasteiger partial charge in [-0.3, -0.25) is 5.10 Å². The summed E-state index contributed by atoms with van der Waals surface area (Å²) in [5.74, 6) is 1.78. The van der Waals surface area contributed by atoms with E-state index in [0.717, 1.165) is 37.4 Å². The van der Waals surface area contributed by atoms with Crippen LogP contribution in [0.3, 0.4) is 0 Å². The number of hydrogen-bond acceptors (Lipinski definition) is 5. The molecule has 1 aliphatic rings. The molecule has 0 amide bonds. The predicted octanol–water partition coefficient (Wildman–Crippen LogP) is 2.30. The van der Waals surface area contributed by atoms with Crippen LogP contribution in [0.2, 0.25) is 5.02 Å². The molecule has 108 valence electrons. The van der Waals surface area contributed by atoms with Crippen molar-refractivity contribution in [3.8, 4) is 6.07 Å². The second-order valence-electron chi connectivity index (χ2n) is 5.12. The summed E-state index contributed by atoms with van der Waals surface area (Å²) in [7, 11) is 0. The summed E-state index contributed by atoms with van der Waals surface area (Å²) in [6.45, 7) is 1.76. The summed E-state index contributed by atoms with van der Waals surface area (Å²) in [5.41, 5.74) is 7.01. The number of aromatic nitrogens is 3. The third-order valence-corrected chi connectivity index (χ3v) is 4.12. The van der Waals surface area contributed by atoms with Crippen LogP contribution in [0.15, 0.2) is 18.2 Å². The quantitative estimate of drug-likeness (QED) is 0.887. The van der Waals surface area contributed by atoms with Gasteiger partial charge in [0.2, 0.25) is 0 Å². The zero-order chi connectivity index (χ0) is 14.8. The van der Waals surface area contributed by atoms with Crippen molar-refractivity contribution in [3.05, 3.63) is 34.6 Å². The minimum absolute atomic E-state index is 0.276. The van der Waals surface area contributed by atoms with Gasteiger partial charge in [0.15, 0.2) is 5.69 Å². The molecular formula is C14H15ClN6. The van der Waals surface area contributed by atoms with E-state index in [2.05, 4.69) is 20.1 Å². The van der Waals surface area contributed by atoms with E-state index < -0.39 is 0 Å². The Morgan fingerprint density at radius 2 is 2.14 bits per heavy atom. The van der Waals surface area contributed by atoms with Gasteiger partial charge < -0.3 is 10.6 Å². The molecule has 0 atom stereocenters. The van der Waals surface area contributed by atoms with Gasteiger partial charge >= 0.3 is 0 Å². The number of nitrogen functional groups attached to an aromatic ring is 1. The summed E-state index contributed by atoms with van der Waals surface area (Å²) < 4.78 is 0. The molecule has 0 aliphatic carbocycles. The maximum absolute atomic E-state index is 9.00. The molecule has 1 saturated heterocycles. The lowest BCUT2D eigenvalue weighted by Crippen LogP contribution is -2.33. The average molecular weight is 303 g/mol. The van der Waals surface area contributed by atoms with Crippen LogP contribution in [0.1, 0.15) is 30.1 Å². The molecule has 6 nitrogen and oxygen atoms in total. The second-order valence-corrected chi connectivity index (χ2v) is 5.53. The first-order chi connectivity index (χ1) is 10.2. The molecule has 2 aromatic heterocycles. The molecule has 2 aromatic rings. The van der Waals surface area contributed by atoms with Gasteiger partial charge in [0.1, 0.15) is 17.7 Å². The van der Waals surface area contributed by atoms with Gasteiger partial charge in [0.25, 0.3) is 0 Å². The lowest BCUT2D eigenvalue weighted by atomic mass is 9.93. The van der Waals surface area contributed by atoms with Crippen LogP contribution in [-0.4, -0.2) is 28.3 Å². The van der Waals surface area contributed by atoms with E-state index in [0.29, 0.717) is 16.8 Å². The fourth-order valence-corrected chi connectivity index (χ4v) is 2.82. The van der Waals surface area contributed by atoms with E-state index in [-0.39, 0.29) is 5.69 Å². The Labute approximate surface area is 127 Å². The number of nitrogens with zero attached hydrogens (tertiary/aromatic N) is 4. The number of H-pyrrole nitrogens is 1. The molecule has 0 radical (unpaired) electrons. The fraction of sp³-hybridized carbons (Fsp3) is 0.357. The van der Waals surface area contributed by atoms with Crippen molar-refractivity contribution in [3.63, 3.8) is 0 Å². The lowest BCUT2D eigenvalue weighted by molar-refractivity contribution is 0.493. The summed E-state index contributed by atoms with van der Waals surface area (Å²) >= 11 is 5.91. The number of halogens is 1. The Kier molecular flexibility index (Phi) is 3.67. The molecule has 21 heavy (non-hydrogen) atoms. The van der Waals surface area contributed by atoms with E-state index >= 15 is 0 Å². The van der Waals surface area contributed by atoms with Crippen LogP contribution >= 0.6 is 11.6 Å². The van der Waals surface area contributed by atoms with Gasteiger partial charge in [-0.1, -0.05) is 11.6 Å². The van der Waals surface area contributed by atoms with Crippen LogP contribution in [-0.2, 0) is 0 Å². The smallest absolute Gasteiger partial charge is 0.161 e. The summed E-state index contributed by atoms with van der Waals surface area (Å²) in [5, 5.41) is 16.4. The van der Waals surface area contributed by atoms with E-state index in [1.165, 1.54) is 0 Å². The lowest BCUT2D eigenvalue weighted by Gasteiger charge is -2.32. The summed E-state index contributed by atoms with van der Waals surface area (Å²) in [4.78, 5) is 6.48. The van der Waals surface area contributed by atoms with Crippen molar-refractivity contribution in [1.82, 2.24) is 15.2 Å². The number of rotatable bonds is 2. The first-order valence-corrected chi connectivity index (χ1v) is 7.17. The minimum atomic E-state index is 0.276. The third kappa shape index (κ3) is 2.78. The first-order valence-electron chi connectivity index (χ1n) is 6.79. The van der Waals surface area contributed by atoms with Gasteiger partial charge in [-0.25, -0.2) is 4.98 Å². The van der Waals surface area contributed by atoms with Gasteiger partial charge in [-0.2, -0.15) is 10.4 Å². The highest BCUT2D eigenvalue weighted by Crippen LogP contribution is 2.30. The predicted molar refractivity (Wildman–Crippen MR) is 81.2 cm³/mol. The molecule has 0 aromatic carbocycles. The molecule has 3 N–H and O–H groups in total. The molecule has 1 fully saturated rings. The second kappa shape index (κ2) is 5.62. The first kappa shape index (κ1) is 13.7. The van der Waals surface area contributed by atoms with Gasteiger partial charge in [0, 0.05) is 30.8 Å². The van der Waals surface area contributed by atoms with E-state index in [1.54, 1.807) is 6.07 Å².